The van der Waals surface area contributed by atoms with Crippen LogP contribution in [0.1, 0.15) is 25.7 Å². The molecule has 1 N–H and O–H groups in total. The third kappa shape index (κ3) is 3.13. The maximum atomic E-state index is 7.58. The normalized spacial score (nSPS) is 30.8. The fourth-order valence-electron chi connectivity index (χ4n) is 4.39. The van der Waals surface area contributed by atoms with Crippen LogP contribution in [0, 0.1) is 23.2 Å². The average Bonchev–Trinajstić information content (AvgIpc) is 3.10. The lowest BCUT2D eigenvalue weighted by atomic mass is 9.90. The first-order valence-corrected chi connectivity index (χ1v) is 8.18. The van der Waals surface area contributed by atoms with Crippen molar-refractivity contribution < 1.29 is 4.74 Å². The zero-order valence-electron chi connectivity index (χ0n) is 12.9. The second-order valence-electron chi connectivity index (χ2n) is 6.55. The molecule has 0 radical (unpaired) electrons. The summed E-state index contributed by atoms with van der Waals surface area (Å²) in [6.07, 6.45) is 6.69. The minimum absolute atomic E-state index is 0.539. The van der Waals surface area contributed by atoms with Crippen LogP contribution in [0.4, 0.5) is 0 Å². The van der Waals surface area contributed by atoms with Crippen LogP contribution in [0.3, 0.4) is 0 Å². The number of benzene rings is 1. The largest absolute Gasteiger partial charge is 0.494 e. The van der Waals surface area contributed by atoms with Crippen molar-refractivity contribution >= 4 is 6.21 Å². The summed E-state index contributed by atoms with van der Waals surface area (Å²) in [6.45, 7) is 1.87. The molecule has 3 heteroatoms. The number of para-hydroxylation sites is 1. The van der Waals surface area contributed by atoms with Crippen molar-refractivity contribution in [1.82, 2.24) is 4.90 Å². The van der Waals surface area contributed by atoms with Crippen LogP contribution in [0.2, 0.25) is 0 Å². The molecule has 0 heterocycles. The highest BCUT2D eigenvalue weighted by Gasteiger charge is 2.48. The summed E-state index contributed by atoms with van der Waals surface area (Å²) in [4.78, 5) is 2.53. The predicted octanol–water partition coefficient (Wildman–Crippen LogP) is 3.45. The Bertz CT molecular complexity index is 462. The van der Waals surface area contributed by atoms with Crippen LogP contribution in [0.25, 0.3) is 0 Å². The van der Waals surface area contributed by atoms with E-state index in [9.17, 15) is 0 Å². The molecule has 2 aliphatic rings. The second kappa shape index (κ2) is 6.61. The monoisotopic (exact) mass is 286 g/mol. The second-order valence-corrected chi connectivity index (χ2v) is 6.55. The van der Waals surface area contributed by atoms with Gasteiger partial charge in [-0.05, 0) is 68.8 Å². The Hall–Kier alpha value is -1.35. The van der Waals surface area contributed by atoms with Gasteiger partial charge in [-0.2, -0.15) is 0 Å². The summed E-state index contributed by atoms with van der Waals surface area (Å²) in [7, 11) is 2.25. The molecule has 0 aliphatic heterocycles. The molecule has 0 amide bonds. The summed E-state index contributed by atoms with van der Waals surface area (Å²) in [5.41, 5.74) is 0. The molecule has 21 heavy (non-hydrogen) atoms. The van der Waals surface area contributed by atoms with E-state index in [2.05, 4.69) is 11.9 Å². The Morgan fingerprint density at radius 3 is 2.81 bits per heavy atom. The molecule has 2 fully saturated rings. The molecule has 114 valence electrons. The number of ether oxygens (including phenoxy) is 1. The van der Waals surface area contributed by atoms with Crippen molar-refractivity contribution in [2.24, 2.45) is 17.8 Å². The number of rotatable bonds is 7. The van der Waals surface area contributed by atoms with Gasteiger partial charge in [-0.1, -0.05) is 18.2 Å². The van der Waals surface area contributed by atoms with Crippen molar-refractivity contribution in [3.05, 3.63) is 30.3 Å². The number of hydrogen-bond acceptors (Lipinski definition) is 3. The van der Waals surface area contributed by atoms with Crippen LogP contribution >= 0.6 is 0 Å². The Morgan fingerprint density at radius 2 is 2.10 bits per heavy atom. The van der Waals surface area contributed by atoms with Crippen molar-refractivity contribution in [3.8, 4) is 5.75 Å². The highest BCUT2D eigenvalue weighted by atomic mass is 16.5. The van der Waals surface area contributed by atoms with Gasteiger partial charge in [0.25, 0.3) is 0 Å². The van der Waals surface area contributed by atoms with Crippen molar-refractivity contribution in [2.45, 2.75) is 31.7 Å². The van der Waals surface area contributed by atoms with E-state index in [1.165, 1.54) is 19.3 Å². The van der Waals surface area contributed by atoms with Gasteiger partial charge in [-0.25, -0.2) is 0 Å². The van der Waals surface area contributed by atoms with E-state index in [1.807, 2.05) is 30.3 Å². The first kappa shape index (κ1) is 14.6. The SMILES string of the molecule is CN(CCCOc1ccccc1)C1C2CCC1C(C=N)C2. The standard InChI is InChI=1S/C18H26N2O/c1-20(10-5-11-21-16-6-3-2-4-7-16)18-14-8-9-17(18)15(12-14)13-19/h2-4,6-7,13-15,17-19H,5,8-12H2,1H3. The van der Waals surface area contributed by atoms with Crippen LogP contribution in [0.15, 0.2) is 30.3 Å². The quantitative estimate of drug-likeness (QED) is 0.615. The molecule has 3 rings (SSSR count). The van der Waals surface area contributed by atoms with Crippen LogP contribution in [-0.2, 0) is 0 Å². The van der Waals surface area contributed by atoms with E-state index < -0.39 is 0 Å². The van der Waals surface area contributed by atoms with Gasteiger partial charge >= 0.3 is 0 Å². The predicted molar refractivity (Wildman–Crippen MR) is 86.1 cm³/mol. The maximum absolute atomic E-state index is 7.58. The molecule has 1 aromatic rings. The summed E-state index contributed by atoms with van der Waals surface area (Å²) >= 11 is 0. The molecule has 0 saturated heterocycles. The number of hydrogen-bond donors (Lipinski definition) is 1. The van der Waals surface area contributed by atoms with Gasteiger partial charge in [0.1, 0.15) is 5.75 Å². The Morgan fingerprint density at radius 1 is 1.29 bits per heavy atom. The van der Waals surface area contributed by atoms with E-state index in [0.29, 0.717) is 12.0 Å². The molecule has 0 aromatic heterocycles. The average molecular weight is 286 g/mol. The van der Waals surface area contributed by atoms with Gasteiger partial charge in [0.15, 0.2) is 0 Å². The van der Waals surface area contributed by atoms with Crippen molar-refractivity contribution in [2.75, 3.05) is 20.2 Å². The zero-order chi connectivity index (χ0) is 14.7. The first-order valence-electron chi connectivity index (χ1n) is 8.18. The van der Waals surface area contributed by atoms with E-state index in [4.69, 9.17) is 10.1 Å². The third-order valence-electron chi connectivity index (χ3n) is 5.31. The van der Waals surface area contributed by atoms with E-state index >= 15 is 0 Å². The molecule has 3 nitrogen and oxygen atoms in total. The highest BCUT2D eigenvalue weighted by Crippen LogP contribution is 2.49. The molecule has 1 aromatic carbocycles. The number of fused-ring (bicyclic) bond motifs is 2. The summed E-state index contributed by atoms with van der Waals surface area (Å²) in [5, 5.41) is 7.58. The first-order chi connectivity index (χ1) is 10.3. The molecule has 2 saturated carbocycles. The lowest BCUT2D eigenvalue weighted by molar-refractivity contribution is 0.176. The lowest BCUT2D eigenvalue weighted by Gasteiger charge is -2.28. The topological polar surface area (TPSA) is 36.3 Å². The highest BCUT2D eigenvalue weighted by molar-refractivity contribution is 5.58. The maximum Gasteiger partial charge on any atom is 0.119 e. The van der Waals surface area contributed by atoms with Gasteiger partial charge < -0.3 is 15.0 Å². The van der Waals surface area contributed by atoms with Crippen molar-refractivity contribution in [3.63, 3.8) is 0 Å². The van der Waals surface area contributed by atoms with Gasteiger partial charge in [-0.15, -0.1) is 0 Å². The summed E-state index contributed by atoms with van der Waals surface area (Å²) < 4.78 is 5.77. The molecular formula is C18H26N2O. The van der Waals surface area contributed by atoms with Gasteiger partial charge in [0.2, 0.25) is 0 Å². The molecule has 2 aliphatic carbocycles. The number of nitrogens with zero attached hydrogens (tertiary/aromatic N) is 1. The minimum atomic E-state index is 0.539. The lowest BCUT2D eigenvalue weighted by Crippen LogP contribution is -2.37. The van der Waals surface area contributed by atoms with Gasteiger partial charge in [-0.3, -0.25) is 0 Å². The molecule has 0 spiro atoms. The molecule has 4 atom stereocenters. The van der Waals surface area contributed by atoms with E-state index in [0.717, 1.165) is 37.2 Å². The van der Waals surface area contributed by atoms with Crippen LogP contribution in [0.5, 0.6) is 5.75 Å². The van der Waals surface area contributed by atoms with E-state index in [-0.39, 0.29) is 0 Å². The smallest absolute Gasteiger partial charge is 0.119 e. The summed E-state index contributed by atoms with van der Waals surface area (Å²) in [6, 6.07) is 10.7. The Balaban J connectivity index is 1.43. The molecule has 2 bridgehead atoms. The van der Waals surface area contributed by atoms with Crippen LogP contribution in [-0.4, -0.2) is 37.4 Å². The molecular weight excluding hydrogens is 260 g/mol. The zero-order valence-corrected chi connectivity index (χ0v) is 12.9. The van der Waals surface area contributed by atoms with E-state index in [1.54, 1.807) is 6.21 Å². The Labute approximate surface area is 127 Å². The third-order valence-corrected chi connectivity index (χ3v) is 5.31. The fourth-order valence-corrected chi connectivity index (χ4v) is 4.39. The fraction of sp³-hybridized carbons (Fsp3) is 0.611. The summed E-state index contributed by atoms with van der Waals surface area (Å²) in [5.74, 6) is 3.05. The van der Waals surface area contributed by atoms with Gasteiger partial charge in [0, 0.05) is 12.6 Å². The minimum Gasteiger partial charge on any atom is -0.494 e. The Kier molecular flexibility index (Phi) is 4.59. The number of nitrogens with one attached hydrogen (secondary N) is 1. The van der Waals surface area contributed by atoms with Crippen LogP contribution < -0.4 is 4.74 Å². The molecule has 4 unspecified atom stereocenters. The van der Waals surface area contributed by atoms with Gasteiger partial charge in [0.05, 0.1) is 6.61 Å². The van der Waals surface area contributed by atoms with Crippen molar-refractivity contribution in [1.29, 1.82) is 5.41 Å².